The number of ether oxygens (including phenoxy) is 1. The molecule has 23 heavy (non-hydrogen) atoms. The predicted molar refractivity (Wildman–Crippen MR) is 87.1 cm³/mol. The van der Waals surface area contributed by atoms with Crippen LogP contribution in [-0.2, 0) is 17.9 Å². The Morgan fingerprint density at radius 1 is 1.04 bits per heavy atom. The van der Waals surface area contributed by atoms with Crippen molar-refractivity contribution in [3.8, 4) is 5.75 Å². The molecule has 0 aliphatic carbocycles. The summed E-state index contributed by atoms with van der Waals surface area (Å²) in [6, 6.07) is 17.5. The number of hydrogen-bond acceptors (Lipinski definition) is 3. The van der Waals surface area contributed by atoms with Gasteiger partial charge >= 0.3 is 0 Å². The number of carbonyl (C=O) groups excluding carboxylic acids is 1. The van der Waals surface area contributed by atoms with E-state index in [0.29, 0.717) is 18.8 Å². The third-order valence-electron chi connectivity index (χ3n) is 4.12. The van der Waals surface area contributed by atoms with Gasteiger partial charge in [0.25, 0.3) is 5.91 Å². The smallest absolute Gasteiger partial charge is 0.260 e. The molecule has 116 valence electrons. The number of amides is 1. The summed E-state index contributed by atoms with van der Waals surface area (Å²) in [5.41, 5.74) is 2.12. The van der Waals surface area contributed by atoms with E-state index < -0.39 is 0 Å². The zero-order valence-electron chi connectivity index (χ0n) is 12.7. The van der Waals surface area contributed by atoms with E-state index in [1.54, 1.807) is 0 Å². The summed E-state index contributed by atoms with van der Waals surface area (Å²) in [5, 5.41) is 0. The molecule has 0 saturated heterocycles. The maximum absolute atomic E-state index is 12.4. The van der Waals surface area contributed by atoms with Crippen LogP contribution in [0.4, 0.5) is 0 Å². The number of benzene rings is 2. The van der Waals surface area contributed by atoms with Crippen molar-refractivity contribution in [3.05, 3.63) is 60.4 Å². The van der Waals surface area contributed by atoms with Gasteiger partial charge in [0.15, 0.2) is 6.61 Å². The minimum atomic E-state index is -0.00726. The molecule has 0 bridgehead atoms. The van der Waals surface area contributed by atoms with Crippen molar-refractivity contribution >= 4 is 16.9 Å². The van der Waals surface area contributed by atoms with E-state index >= 15 is 0 Å². The molecule has 0 saturated carbocycles. The molecule has 1 aliphatic heterocycles. The maximum Gasteiger partial charge on any atom is 0.260 e. The Hall–Kier alpha value is -2.82. The lowest BCUT2D eigenvalue weighted by Crippen LogP contribution is -2.40. The molecule has 1 amide bonds. The first-order valence-corrected chi connectivity index (χ1v) is 7.71. The van der Waals surface area contributed by atoms with Gasteiger partial charge in [-0.15, -0.1) is 0 Å². The highest BCUT2D eigenvalue weighted by molar-refractivity contribution is 5.79. The molecule has 0 unspecified atom stereocenters. The largest absolute Gasteiger partial charge is 0.484 e. The Morgan fingerprint density at radius 2 is 1.83 bits per heavy atom. The lowest BCUT2D eigenvalue weighted by atomic mass is 10.3. The number of imidazole rings is 1. The van der Waals surface area contributed by atoms with Crippen LogP contribution >= 0.6 is 0 Å². The van der Waals surface area contributed by atoms with Crippen LogP contribution in [0.15, 0.2) is 54.6 Å². The fraction of sp³-hybridized carbons (Fsp3) is 0.222. The number of fused-ring (bicyclic) bond motifs is 3. The zero-order valence-corrected chi connectivity index (χ0v) is 12.7. The third kappa shape index (κ3) is 2.65. The molecule has 1 aromatic heterocycles. The van der Waals surface area contributed by atoms with Crippen LogP contribution < -0.4 is 4.74 Å². The summed E-state index contributed by atoms with van der Waals surface area (Å²) in [4.78, 5) is 18.8. The lowest BCUT2D eigenvalue weighted by molar-refractivity contribution is -0.134. The molecule has 5 nitrogen and oxygen atoms in total. The second-order valence-electron chi connectivity index (χ2n) is 5.59. The quantitative estimate of drug-likeness (QED) is 0.747. The first-order valence-electron chi connectivity index (χ1n) is 7.71. The van der Waals surface area contributed by atoms with Crippen molar-refractivity contribution in [2.24, 2.45) is 0 Å². The normalized spacial score (nSPS) is 13.8. The van der Waals surface area contributed by atoms with Crippen LogP contribution in [0.3, 0.4) is 0 Å². The van der Waals surface area contributed by atoms with Crippen molar-refractivity contribution in [2.75, 3.05) is 13.2 Å². The van der Waals surface area contributed by atoms with Gasteiger partial charge in [-0.1, -0.05) is 30.3 Å². The standard InChI is InChI=1S/C18H17N3O2/c22-18(13-23-14-6-2-1-3-7-14)20-10-11-21-16-9-5-4-8-15(16)19-17(21)12-20/h1-9H,10-13H2. The molecular weight excluding hydrogens is 290 g/mol. The van der Waals surface area contributed by atoms with Crippen molar-refractivity contribution in [3.63, 3.8) is 0 Å². The fourth-order valence-electron chi connectivity index (χ4n) is 2.93. The maximum atomic E-state index is 12.4. The van der Waals surface area contributed by atoms with Gasteiger partial charge in [-0.25, -0.2) is 4.98 Å². The molecule has 2 heterocycles. The van der Waals surface area contributed by atoms with E-state index in [-0.39, 0.29) is 12.5 Å². The predicted octanol–water partition coefficient (Wildman–Crippen LogP) is 2.46. The van der Waals surface area contributed by atoms with Gasteiger partial charge in [0.2, 0.25) is 0 Å². The second kappa shape index (κ2) is 5.76. The van der Waals surface area contributed by atoms with Crippen molar-refractivity contribution < 1.29 is 9.53 Å². The Kier molecular flexibility index (Phi) is 3.46. The number of rotatable bonds is 3. The Labute approximate surface area is 134 Å². The molecule has 0 N–H and O–H groups in total. The van der Waals surface area contributed by atoms with E-state index in [1.165, 1.54) is 0 Å². The fourth-order valence-corrected chi connectivity index (χ4v) is 2.93. The molecule has 0 spiro atoms. The minimum Gasteiger partial charge on any atom is -0.484 e. The number of para-hydroxylation sites is 3. The minimum absolute atomic E-state index is 0.00726. The van der Waals surface area contributed by atoms with Gasteiger partial charge in [0.05, 0.1) is 17.6 Å². The Morgan fingerprint density at radius 3 is 2.70 bits per heavy atom. The number of hydrogen-bond donors (Lipinski definition) is 0. The number of carbonyl (C=O) groups is 1. The summed E-state index contributed by atoms with van der Waals surface area (Å²) in [7, 11) is 0. The second-order valence-corrected chi connectivity index (χ2v) is 5.59. The average molecular weight is 307 g/mol. The molecule has 1 aliphatic rings. The van der Waals surface area contributed by atoms with Crippen LogP contribution in [0.2, 0.25) is 0 Å². The highest BCUT2D eigenvalue weighted by Crippen LogP contribution is 2.20. The van der Waals surface area contributed by atoms with Crippen LogP contribution in [0.5, 0.6) is 5.75 Å². The molecule has 0 fully saturated rings. The number of nitrogens with zero attached hydrogens (tertiary/aromatic N) is 3. The van der Waals surface area contributed by atoms with Crippen molar-refractivity contribution in [1.82, 2.24) is 14.5 Å². The van der Waals surface area contributed by atoms with Crippen molar-refractivity contribution in [2.45, 2.75) is 13.1 Å². The Balaban J connectivity index is 1.46. The summed E-state index contributed by atoms with van der Waals surface area (Å²) in [5.74, 6) is 1.64. The van der Waals surface area contributed by atoms with Gasteiger partial charge in [0.1, 0.15) is 11.6 Å². The monoisotopic (exact) mass is 307 g/mol. The molecule has 4 rings (SSSR count). The van der Waals surface area contributed by atoms with Gasteiger partial charge in [0, 0.05) is 13.1 Å². The molecule has 5 heteroatoms. The van der Waals surface area contributed by atoms with Gasteiger partial charge in [-0.2, -0.15) is 0 Å². The molecule has 0 radical (unpaired) electrons. The van der Waals surface area contributed by atoms with Crippen LogP contribution in [-0.4, -0.2) is 33.5 Å². The van der Waals surface area contributed by atoms with Crippen LogP contribution in [0, 0.1) is 0 Å². The summed E-state index contributed by atoms with van der Waals surface area (Å²) < 4.78 is 7.74. The van der Waals surface area contributed by atoms with Crippen LogP contribution in [0.1, 0.15) is 5.82 Å². The van der Waals surface area contributed by atoms with Crippen LogP contribution in [0.25, 0.3) is 11.0 Å². The molecular formula is C18H17N3O2. The highest BCUT2D eigenvalue weighted by atomic mass is 16.5. The van der Waals surface area contributed by atoms with E-state index in [9.17, 15) is 4.79 Å². The zero-order chi connectivity index (χ0) is 15.6. The SMILES string of the molecule is O=C(COc1ccccc1)N1CCn2c(nc3ccccc32)C1. The van der Waals surface area contributed by atoms with Gasteiger partial charge in [-0.05, 0) is 24.3 Å². The third-order valence-corrected chi connectivity index (χ3v) is 4.12. The lowest BCUT2D eigenvalue weighted by Gasteiger charge is -2.28. The van der Waals surface area contributed by atoms with Gasteiger partial charge in [-0.3, -0.25) is 4.79 Å². The first kappa shape index (κ1) is 13.8. The van der Waals surface area contributed by atoms with E-state index in [2.05, 4.69) is 15.6 Å². The van der Waals surface area contributed by atoms with E-state index in [0.717, 1.165) is 23.4 Å². The topological polar surface area (TPSA) is 47.4 Å². The molecule has 3 aromatic rings. The Bertz CT molecular complexity index is 842. The average Bonchev–Trinajstić information content (AvgIpc) is 2.98. The first-order chi connectivity index (χ1) is 11.3. The van der Waals surface area contributed by atoms with Gasteiger partial charge < -0.3 is 14.2 Å². The summed E-state index contributed by atoms with van der Waals surface area (Å²) >= 11 is 0. The van der Waals surface area contributed by atoms with Crippen molar-refractivity contribution in [1.29, 1.82) is 0 Å². The molecule has 0 atom stereocenters. The van der Waals surface area contributed by atoms with E-state index in [4.69, 9.17) is 4.74 Å². The highest BCUT2D eigenvalue weighted by Gasteiger charge is 2.23. The van der Waals surface area contributed by atoms with E-state index in [1.807, 2.05) is 53.4 Å². The summed E-state index contributed by atoms with van der Waals surface area (Å²) in [6.07, 6.45) is 0. The molecule has 2 aromatic carbocycles. The number of aromatic nitrogens is 2. The summed E-state index contributed by atoms with van der Waals surface area (Å²) in [6.45, 7) is 2.05.